The van der Waals surface area contributed by atoms with Crippen molar-refractivity contribution in [3.05, 3.63) is 23.8 Å². The number of likely N-dealkylation sites (N-methyl/N-ethyl adjacent to an activating group) is 1. The molecule has 0 spiro atoms. The standard InChI is InChI=1S/C15H22N2O/c1-2-17-9-3-4-13(17)11-18-14-5-6-15-12(10-14)7-8-16-15/h5-6,10,13,16H,2-4,7-9,11H2,1H3. The van der Waals surface area contributed by atoms with E-state index in [1.54, 1.807) is 0 Å². The summed E-state index contributed by atoms with van der Waals surface area (Å²) in [5.41, 5.74) is 2.67. The smallest absolute Gasteiger partial charge is 0.119 e. The van der Waals surface area contributed by atoms with Gasteiger partial charge in [0.05, 0.1) is 0 Å². The molecule has 0 radical (unpaired) electrons. The van der Waals surface area contributed by atoms with Crippen LogP contribution in [0.4, 0.5) is 5.69 Å². The monoisotopic (exact) mass is 246 g/mol. The molecule has 1 aromatic carbocycles. The van der Waals surface area contributed by atoms with Crippen LogP contribution >= 0.6 is 0 Å². The van der Waals surface area contributed by atoms with E-state index in [2.05, 4.69) is 35.3 Å². The normalized spacial score (nSPS) is 22.8. The van der Waals surface area contributed by atoms with Gasteiger partial charge in [-0.25, -0.2) is 0 Å². The van der Waals surface area contributed by atoms with Crippen molar-refractivity contribution in [3.63, 3.8) is 0 Å². The summed E-state index contributed by atoms with van der Waals surface area (Å²) in [5, 5.41) is 3.38. The van der Waals surface area contributed by atoms with Crippen LogP contribution in [0, 0.1) is 0 Å². The molecule has 1 saturated heterocycles. The van der Waals surface area contributed by atoms with Crippen LogP contribution in [0.5, 0.6) is 5.75 Å². The van der Waals surface area contributed by atoms with Crippen LogP contribution in [0.1, 0.15) is 25.3 Å². The van der Waals surface area contributed by atoms with E-state index in [0.29, 0.717) is 6.04 Å². The zero-order chi connectivity index (χ0) is 12.4. The van der Waals surface area contributed by atoms with Gasteiger partial charge in [0.25, 0.3) is 0 Å². The average Bonchev–Trinajstić information content (AvgIpc) is 3.04. The number of hydrogen-bond donors (Lipinski definition) is 1. The van der Waals surface area contributed by atoms with Gasteiger partial charge in [-0.2, -0.15) is 0 Å². The first-order valence-corrected chi connectivity index (χ1v) is 7.10. The van der Waals surface area contributed by atoms with Crippen molar-refractivity contribution >= 4 is 5.69 Å². The lowest BCUT2D eigenvalue weighted by atomic mass is 10.1. The van der Waals surface area contributed by atoms with E-state index in [4.69, 9.17) is 4.74 Å². The Labute approximate surface area is 109 Å². The van der Waals surface area contributed by atoms with E-state index in [9.17, 15) is 0 Å². The SMILES string of the molecule is CCN1CCCC1COc1ccc2c(c1)CCN2. The predicted molar refractivity (Wildman–Crippen MR) is 74.4 cm³/mol. The molecule has 0 amide bonds. The van der Waals surface area contributed by atoms with E-state index >= 15 is 0 Å². The minimum absolute atomic E-state index is 0.612. The Morgan fingerprint density at radius 1 is 1.44 bits per heavy atom. The zero-order valence-corrected chi connectivity index (χ0v) is 11.1. The molecule has 0 aromatic heterocycles. The van der Waals surface area contributed by atoms with Crippen molar-refractivity contribution in [1.29, 1.82) is 0 Å². The fourth-order valence-corrected chi connectivity index (χ4v) is 3.06. The molecule has 3 rings (SSSR count). The highest BCUT2D eigenvalue weighted by Gasteiger charge is 2.23. The van der Waals surface area contributed by atoms with Crippen LogP contribution in [0.3, 0.4) is 0 Å². The molecule has 2 heterocycles. The summed E-state index contributed by atoms with van der Waals surface area (Å²) in [4.78, 5) is 2.52. The number of rotatable bonds is 4. The molecular formula is C15H22N2O. The number of anilines is 1. The van der Waals surface area contributed by atoms with Gasteiger partial charge in [-0.05, 0) is 56.1 Å². The summed E-state index contributed by atoms with van der Waals surface area (Å²) in [5.74, 6) is 1.03. The second-order valence-corrected chi connectivity index (χ2v) is 5.23. The number of nitrogens with one attached hydrogen (secondary N) is 1. The lowest BCUT2D eigenvalue weighted by Crippen LogP contribution is -2.33. The maximum Gasteiger partial charge on any atom is 0.119 e. The fraction of sp³-hybridized carbons (Fsp3) is 0.600. The van der Waals surface area contributed by atoms with Crippen molar-refractivity contribution < 1.29 is 4.74 Å². The minimum atomic E-state index is 0.612. The first kappa shape index (κ1) is 11.8. The molecule has 1 N–H and O–H groups in total. The minimum Gasteiger partial charge on any atom is -0.492 e. The average molecular weight is 246 g/mol. The van der Waals surface area contributed by atoms with Crippen LogP contribution < -0.4 is 10.1 Å². The molecule has 3 nitrogen and oxygen atoms in total. The number of benzene rings is 1. The van der Waals surface area contributed by atoms with Crippen LogP contribution in [0.25, 0.3) is 0 Å². The number of fused-ring (bicyclic) bond motifs is 1. The van der Waals surface area contributed by atoms with Gasteiger partial charge in [-0.3, -0.25) is 4.90 Å². The maximum atomic E-state index is 5.98. The molecule has 2 aliphatic rings. The van der Waals surface area contributed by atoms with E-state index in [0.717, 1.165) is 31.9 Å². The summed E-state index contributed by atoms with van der Waals surface area (Å²) in [6.07, 6.45) is 3.72. The van der Waals surface area contributed by atoms with E-state index in [1.165, 1.54) is 30.6 Å². The summed E-state index contributed by atoms with van der Waals surface area (Å²) in [6.45, 7) is 6.51. The van der Waals surface area contributed by atoms with Gasteiger partial charge >= 0.3 is 0 Å². The summed E-state index contributed by atoms with van der Waals surface area (Å²) in [6, 6.07) is 7.04. The molecule has 3 heteroatoms. The third-order valence-corrected chi connectivity index (χ3v) is 4.13. The summed E-state index contributed by atoms with van der Waals surface area (Å²) in [7, 11) is 0. The Balaban J connectivity index is 1.60. The van der Waals surface area contributed by atoms with Crippen LogP contribution in [0.15, 0.2) is 18.2 Å². The highest BCUT2D eigenvalue weighted by Crippen LogP contribution is 2.27. The molecule has 1 aromatic rings. The van der Waals surface area contributed by atoms with Gasteiger partial charge in [0.1, 0.15) is 12.4 Å². The molecule has 0 bridgehead atoms. The van der Waals surface area contributed by atoms with Gasteiger partial charge < -0.3 is 10.1 Å². The van der Waals surface area contributed by atoms with Crippen LogP contribution in [-0.4, -0.2) is 37.2 Å². The number of likely N-dealkylation sites (tertiary alicyclic amines) is 1. The molecule has 1 fully saturated rings. The first-order chi connectivity index (χ1) is 8.86. The van der Waals surface area contributed by atoms with Crippen molar-refractivity contribution in [1.82, 2.24) is 4.90 Å². The van der Waals surface area contributed by atoms with Gasteiger partial charge in [0.15, 0.2) is 0 Å². The Morgan fingerprint density at radius 3 is 3.28 bits per heavy atom. The zero-order valence-electron chi connectivity index (χ0n) is 11.1. The van der Waals surface area contributed by atoms with Gasteiger partial charge in [-0.15, -0.1) is 0 Å². The Hall–Kier alpha value is -1.22. The quantitative estimate of drug-likeness (QED) is 0.883. The van der Waals surface area contributed by atoms with Crippen molar-refractivity contribution in [3.8, 4) is 5.75 Å². The molecule has 0 saturated carbocycles. The third-order valence-electron chi connectivity index (χ3n) is 4.13. The van der Waals surface area contributed by atoms with E-state index < -0.39 is 0 Å². The van der Waals surface area contributed by atoms with E-state index in [-0.39, 0.29) is 0 Å². The highest BCUT2D eigenvalue weighted by molar-refractivity contribution is 5.57. The van der Waals surface area contributed by atoms with Crippen molar-refractivity contribution in [2.24, 2.45) is 0 Å². The number of hydrogen-bond acceptors (Lipinski definition) is 3. The van der Waals surface area contributed by atoms with Gasteiger partial charge in [0, 0.05) is 18.3 Å². The third kappa shape index (κ3) is 2.32. The molecule has 1 unspecified atom stereocenters. The topological polar surface area (TPSA) is 24.5 Å². The lowest BCUT2D eigenvalue weighted by molar-refractivity contribution is 0.179. The Bertz CT molecular complexity index is 419. The fourth-order valence-electron chi connectivity index (χ4n) is 3.06. The highest BCUT2D eigenvalue weighted by atomic mass is 16.5. The molecule has 18 heavy (non-hydrogen) atoms. The second kappa shape index (κ2) is 5.19. The predicted octanol–water partition coefficient (Wildman–Crippen LogP) is 2.52. The van der Waals surface area contributed by atoms with Gasteiger partial charge in [0.2, 0.25) is 0 Å². The van der Waals surface area contributed by atoms with Crippen LogP contribution in [0.2, 0.25) is 0 Å². The van der Waals surface area contributed by atoms with Gasteiger partial charge in [-0.1, -0.05) is 6.92 Å². The molecule has 0 aliphatic carbocycles. The van der Waals surface area contributed by atoms with Crippen LogP contribution in [-0.2, 0) is 6.42 Å². The van der Waals surface area contributed by atoms with Crippen molar-refractivity contribution in [2.45, 2.75) is 32.2 Å². The molecule has 98 valence electrons. The maximum absolute atomic E-state index is 5.98. The summed E-state index contributed by atoms with van der Waals surface area (Å²) >= 11 is 0. The second-order valence-electron chi connectivity index (χ2n) is 5.23. The number of ether oxygens (including phenoxy) is 1. The lowest BCUT2D eigenvalue weighted by Gasteiger charge is -2.22. The Morgan fingerprint density at radius 2 is 2.39 bits per heavy atom. The summed E-state index contributed by atoms with van der Waals surface area (Å²) < 4.78 is 5.98. The largest absolute Gasteiger partial charge is 0.492 e. The Kier molecular flexibility index (Phi) is 3.41. The molecular weight excluding hydrogens is 224 g/mol. The molecule has 1 atom stereocenters. The first-order valence-electron chi connectivity index (χ1n) is 7.10. The van der Waals surface area contributed by atoms with Crippen molar-refractivity contribution in [2.75, 3.05) is 31.6 Å². The van der Waals surface area contributed by atoms with E-state index in [1.807, 2.05) is 0 Å². The molecule has 2 aliphatic heterocycles. The number of nitrogens with zero attached hydrogens (tertiary/aromatic N) is 1.